The average Bonchev–Trinajstić information content (AvgIpc) is 3.26. The number of hydrogen-bond acceptors (Lipinski definition) is 3. The molecule has 0 bridgehead atoms. The summed E-state index contributed by atoms with van der Waals surface area (Å²) in [7, 11) is 0. The van der Waals surface area contributed by atoms with Gasteiger partial charge in [-0.2, -0.15) is 13.2 Å². The van der Waals surface area contributed by atoms with Crippen molar-refractivity contribution in [3.63, 3.8) is 0 Å². The zero-order valence-electron chi connectivity index (χ0n) is 45.7. The van der Waals surface area contributed by atoms with E-state index in [0.717, 1.165) is 93.2 Å². The highest BCUT2D eigenvalue weighted by molar-refractivity contribution is 6.11. The van der Waals surface area contributed by atoms with E-state index >= 15 is 4.39 Å². The lowest BCUT2D eigenvalue weighted by Gasteiger charge is -2.41. The molecule has 2 heterocycles. The first kappa shape index (κ1) is 52.3. The molecule has 2 fully saturated rings. The van der Waals surface area contributed by atoms with E-state index in [1.807, 2.05) is 60.7 Å². The predicted molar refractivity (Wildman–Crippen MR) is 314 cm³/mol. The van der Waals surface area contributed by atoms with Crippen LogP contribution in [0.3, 0.4) is 0 Å². The SMILES string of the molecule is CCCCCC1CCC(c2ccc(-c3ccc(C(=O)Nc4ccc(C5=CC(c6ccc(F)cc6)(c6ccc(N7CCCCC7)cc6)Oc6c5c5c(c7ccc(C(F)(F)F)cc67)-c6ccc(C)cc6C5(C)C)cc4)cc3)cc2)CC1. The molecule has 0 radical (unpaired) electrons. The minimum absolute atomic E-state index is 0.251. The van der Waals surface area contributed by atoms with Crippen LogP contribution in [-0.4, -0.2) is 19.0 Å². The number of piperidine rings is 1. The van der Waals surface area contributed by atoms with E-state index < -0.39 is 28.6 Å². The molecule has 1 unspecified atom stereocenters. The number of carbonyl (C=O) groups excluding carboxylic acids is 1. The van der Waals surface area contributed by atoms with Crippen molar-refractivity contribution in [2.24, 2.45) is 5.92 Å². The van der Waals surface area contributed by atoms with Crippen LogP contribution in [0.4, 0.5) is 28.9 Å². The van der Waals surface area contributed by atoms with Gasteiger partial charge in [-0.3, -0.25) is 4.79 Å². The summed E-state index contributed by atoms with van der Waals surface area (Å²) >= 11 is 0. The second-order valence-electron chi connectivity index (χ2n) is 23.3. The molecule has 8 aromatic rings. The first-order valence-electron chi connectivity index (χ1n) is 28.7. The van der Waals surface area contributed by atoms with Crippen LogP contribution in [0.5, 0.6) is 5.75 Å². The molecule has 1 N–H and O–H groups in total. The fourth-order valence-electron chi connectivity index (χ4n) is 13.5. The van der Waals surface area contributed by atoms with Gasteiger partial charge in [-0.05, 0) is 186 Å². The number of benzene rings is 8. The molecule has 1 saturated carbocycles. The standard InChI is InChI=1S/C71H68F4N2O2/c1-5-6-8-11-46-13-15-47(16-14-46)48-17-19-49(20-18-48)50-21-23-52(24-22-50)68(78)76-57-34-25-51(26-35-57)62-44-70(53-27-32-56(72)33-28-53,54-29-36-58(37-30-54)77-40-9-7-10-41-77)79-67-61-43-55(71(73,74)75)31-39-59(61)64-60-38-12-45(2)42-63(60)69(3,4)66(64)65(62)67/h12,17-39,42-44,46-47H,5-11,13-16,40-41H2,1-4H3,(H,76,78). The van der Waals surface area contributed by atoms with Gasteiger partial charge in [0.05, 0.1) is 5.56 Å². The normalized spacial score (nSPS) is 19.5. The topological polar surface area (TPSA) is 41.6 Å². The molecule has 2 aliphatic carbocycles. The van der Waals surface area contributed by atoms with Crippen LogP contribution in [0.25, 0.3) is 38.6 Å². The fourth-order valence-corrected chi connectivity index (χ4v) is 13.5. The lowest BCUT2D eigenvalue weighted by molar-refractivity contribution is -0.137. The lowest BCUT2D eigenvalue weighted by Crippen LogP contribution is -2.36. The monoisotopic (exact) mass is 1060 g/mol. The molecule has 79 heavy (non-hydrogen) atoms. The van der Waals surface area contributed by atoms with Crippen molar-refractivity contribution in [3.05, 3.63) is 225 Å². The predicted octanol–water partition coefficient (Wildman–Crippen LogP) is 19.1. The molecule has 1 amide bonds. The van der Waals surface area contributed by atoms with Crippen molar-refractivity contribution in [2.45, 2.75) is 121 Å². The third-order valence-corrected chi connectivity index (χ3v) is 17.9. The lowest BCUT2D eigenvalue weighted by atomic mass is 9.73. The van der Waals surface area contributed by atoms with E-state index in [-0.39, 0.29) is 5.91 Å². The number of fused-ring (bicyclic) bond motifs is 8. The molecule has 2 aliphatic heterocycles. The number of halogens is 4. The first-order valence-corrected chi connectivity index (χ1v) is 28.7. The van der Waals surface area contributed by atoms with Crippen LogP contribution in [0.15, 0.2) is 164 Å². The van der Waals surface area contributed by atoms with Crippen molar-refractivity contribution < 1.29 is 27.1 Å². The van der Waals surface area contributed by atoms with Gasteiger partial charge in [0.2, 0.25) is 0 Å². The van der Waals surface area contributed by atoms with Gasteiger partial charge in [-0.1, -0.05) is 149 Å². The van der Waals surface area contributed by atoms with Crippen LogP contribution in [-0.2, 0) is 17.2 Å². The highest BCUT2D eigenvalue weighted by atomic mass is 19.4. The number of nitrogens with zero attached hydrogens (tertiary/aromatic N) is 1. The smallest absolute Gasteiger partial charge is 0.416 e. The van der Waals surface area contributed by atoms with Gasteiger partial charge in [-0.15, -0.1) is 0 Å². The summed E-state index contributed by atoms with van der Waals surface area (Å²) in [5.41, 5.74) is 11.4. The van der Waals surface area contributed by atoms with E-state index in [4.69, 9.17) is 4.74 Å². The van der Waals surface area contributed by atoms with Crippen molar-refractivity contribution >= 4 is 33.6 Å². The molecule has 8 heteroatoms. The molecule has 1 saturated heterocycles. The zero-order chi connectivity index (χ0) is 54.6. The Morgan fingerprint density at radius 1 is 0.684 bits per heavy atom. The van der Waals surface area contributed by atoms with Gasteiger partial charge in [0.1, 0.15) is 11.6 Å². The number of unbranched alkanes of at least 4 members (excludes halogenated alkanes) is 2. The minimum Gasteiger partial charge on any atom is -0.472 e. The van der Waals surface area contributed by atoms with Crippen LogP contribution in [0.2, 0.25) is 0 Å². The van der Waals surface area contributed by atoms with Crippen molar-refractivity contribution in [1.82, 2.24) is 0 Å². The van der Waals surface area contributed by atoms with E-state index in [1.54, 1.807) is 18.2 Å². The molecule has 0 aromatic heterocycles. The van der Waals surface area contributed by atoms with Crippen molar-refractivity contribution in [1.29, 1.82) is 0 Å². The Bertz CT molecular complexity index is 3580. The molecular weight excluding hydrogens is 989 g/mol. The Hall–Kier alpha value is -7.45. The van der Waals surface area contributed by atoms with Crippen molar-refractivity contribution in [2.75, 3.05) is 23.3 Å². The van der Waals surface area contributed by atoms with E-state index in [9.17, 15) is 18.0 Å². The maximum atomic E-state index is 15.0. The second kappa shape index (κ2) is 21.0. The number of hydrogen-bond donors (Lipinski definition) is 1. The second-order valence-corrected chi connectivity index (χ2v) is 23.3. The van der Waals surface area contributed by atoms with Crippen LogP contribution in [0.1, 0.15) is 158 Å². The maximum absolute atomic E-state index is 15.0. The third kappa shape index (κ3) is 9.84. The summed E-state index contributed by atoms with van der Waals surface area (Å²) in [5.74, 6) is 1.13. The van der Waals surface area contributed by atoms with Gasteiger partial charge in [0, 0.05) is 57.5 Å². The number of ether oxygens (including phenoxy) is 1. The van der Waals surface area contributed by atoms with Gasteiger partial charge >= 0.3 is 6.18 Å². The van der Waals surface area contributed by atoms with E-state index in [2.05, 4.69) is 98.6 Å². The molecule has 0 spiro atoms. The highest BCUT2D eigenvalue weighted by Gasteiger charge is 2.47. The molecule has 4 nitrogen and oxygen atoms in total. The Morgan fingerprint density at radius 3 is 1.99 bits per heavy atom. The average molecular weight is 1060 g/mol. The van der Waals surface area contributed by atoms with Crippen LogP contribution < -0.4 is 15.0 Å². The summed E-state index contributed by atoms with van der Waals surface area (Å²) in [4.78, 5) is 16.4. The van der Waals surface area contributed by atoms with Gasteiger partial charge in [0.25, 0.3) is 5.91 Å². The third-order valence-electron chi connectivity index (χ3n) is 17.9. The molecule has 402 valence electrons. The van der Waals surface area contributed by atoms with Crippen molar-refractivity contribution in [3.8, 4) is 28.0 Å². The van der Waals surface area contributed by atoms with Gasteiger partial charge in [-0.25, -0.2) is 4.39 Å². The first-order chi connectivity index (χ1) is 38.2. The molecule has 1 atom stereocenters. The number of rotatable bonds is 12. The fraction of sp³-hybridized carbons (Fsp3) is 0.310. The number of anilines is 2. The number of aryl methyl sites for hydroxylation is 1. The largest absolute Gasteiger partial charge is 0.472 e. The molecule has 8 aromatic carbocycles. The summed E-state index contributed by atoms with van der Waals surface area (Å²) in [6.45, 7) is 10.6. The molecular formula is C71H68F4N2O2. The number of carbonyl (C=O) groups is 1. The Morgan fingerprint density at radius 2 is 1.33 bits per heavy atom. The maximum Gasteiger partial charge on any atom is 0.416 e. The number of amides is 1. The quantitative estimate of drug-likeness (QED) is 0.0979. The van der Waals surface area contributed by atoms with Gasteiger partial charge < -0.3 is 15.0 Å². The Labute approximate surface area is 462 Å². The Balaban J connectivity index is 0.922. The van der Waals surface area contributed by atoms with Gasteiger partial charge in [0.15, 0.2) is 5.60 Å². The van der Waals surface area contributed by atoms with Crippen LogP contribution >= 0.6 is 0 Å². The number of alkyl halides is 3. The van der Waals surface area contributed by atoms with E-state index in [0.29, 0.717) is 44.8 Å². The summed E-state index contributed by atoms with van der Waals surface area (Å²) in [5, 5.41) is 4.10. The summed E-state index contributed by atoms with van der Waals surface area (Å²) < 4.78 is 67.5. The Kier molecular flexibility index (Phi) is 13.9. The zero-order valence-corrected chi connectivity index (χ0v) is 45.7. The van der Waals surface area contributed by atoms with Crippen LogP contribution in [0, 0.1) is 18.7 Å². The molecule has 12 rings (SSSR count). The van der Waals surface area contributed by atoms with E-state index in [1.165, 1.54) is 87.6 Å². The number of nitrogens with one attached hydrogen (secondary N) is 1. The summed E-state index contributed by atoms with van der Waals surface area (Å²) in [6.07, 6.45) is 11.4. The summed E-state index contributed by atoms with van der Waals surface area (Å²) in [6, 6.07) is 49.1. The molecule has 4 aliphatic rings. The highest BCUT2D eigenvalue weighted by Crippen LogP contribution is 2.61. The minimum atomic E-state index is -4.64.